The van der Waals surface area contributed by atoms with Gasteiger partial charge in [-0.15, -0.1) is 0 Å². The Morgan fingerprint density at radius 2 is 1.77 bits per heavy atom. The van der Waals surface area contributed by atoms with Gasteiger partial charge in [0.15, 0.2) is 5.78 Å². The monoisotopic (exact) mass is 562 g/mol. The number of nitrogens with zero attached hydrogens (tertiary/aromatic N) is 3. The van der Waals surface area contributed by atoms with Crippen LogP contribution in [0.2, 0.25) is 5.02 Å². The Morgan fingerprint density at radius 3 is 2.44 bits per heavy atom. The Hall–Kier alpha value is -3.46. The second kappa shape index (κ2) is 11.0. The molecule has 0 bridgehead atoms. The summed E-state index contributed by atoms with van der Waals surface area (Å²) in [4.78, 5) is 22.3. The number of pyridine rings is 1. The molecule has 39 heavy (non-hydrogen) atoms. The van der Waals surface area contributed by atoms with Gasteiger partial charge in [0.05, 0.1) is 16.5 Å². The second-order valence-electron chi connectivity index (χ2n) is 9.71. The maximum Gasteiger partial charge on any atom is 0.213 e. The molecule has 1 aliphatic rings. The Labute approximate surface area is 234 Å². The Bertz CT molecular complexity index is 1650. The summed E-state index contributed by atoms with van der Waals surface area (Å²) >= 11 is 6.69. The fourth-order valence-corrected chi connectivity index (χ4v) is 6.43. The number of piperazine rings is 1. The molecule has 1 N–H and O–H groups in total. The molecule has 4 aromatic rings. The topological polar surface area (TPSA) is 86.4 Å². The molecule has 0 spiro atoms. The van der Waals surface area contributed by atoms with E-state index in [1.54, 1.807) is 23.5 Å². The zero-order valence-corrected chi connectivity index (χ0v) is 23.6. The van der Waals surface area contributed by atoms with Gasteiger partial charge in [0, 0.05) is 55.4 Å². The molecule has 1 saturated heterocycles. The summed E-state index contributed by atoms with van der Waals surface area (Å²) in [5, 5.41) is 1.43. The van der Waals surface area contributed by atoms with Crippen LogP contribution in [0.25, 0.3) is 33.4 Å². The number of H-pyrrole nitrogens is 1. The van der Waals surface area contributed by atoms with Crippen molar-refractivity contribution in [3.8, 4) is 22.4 Å². The average Bonchev–Trinajstić information content (AvgIpc) is 3.35. The van der Waals surface area contributed by atoms with Crippen molar-refractivity contribution in [2.75, 3.05) is 36.8 Å². The SMILES string of the molecule is C=CC(=O)Cc1cc(-c2c(-c3ccc(N4CCN(S(=O)(=O)CC)CC4)cc3)[nH]c3nccc(Cl)c23)ccc1C. The minimum absolute atomic E-state index is 0.0298. The Balaban J connectivity index is 1.51. The number of nitrogens with one attached hydrogen (secondary N) is 1. The summed E-state index contributed by atoms with van der Waals surface area (Å²) in [6, 6.07) is 16.1. The van der Waals surface area contributed by atoms with Gasteiger partial charge in [0.1, 0.15) is 5.65 Å². The molecule has 7 nitrogen and oxygen atoms in total. The number of aromatic nitrogens is 2. The van der Waals surface area contributed by atoms with Gasteiger partial charge >= 0.3 is 0 Å². The van der Waals surface area contributed by atoms with E-state index in [1.807, 2.05) is 25.1 Å². The number of carbonyl (C=O) groups is 1. The van der Waals surface area contributed by atoms with Crippen molar-refractivity contribution >= 4 is 44.1 Å². The van der Waals surface area contributed by atoms with Crippen LogP contribution >= 0.6 is 11.6 Å². The lowest BCUT2D eigenvalue weighted by atomic mass is 9.94. The fraction of sp³-hybridized carbons (Fsp3) is 0.267. The van der Waals surface area contributed by atoms with Gasteiger partial charge in [0.2, 0.25) is 10.0 Å². The number of benzene rings is 2. The van der Waals surface area contributed by atoms with Crippen LogP contribution < -0.4 is 4.90 Å². The normalized spacial score (nSPS) is 14.6. The highest BCUT2D eigenvalue weighted by molar-refractivity contribution is 7.89. The minimum atomic E-state index is -3.17. The van der Waals surface area contributed by atoms with E-state index >= 15 is 0 Å². The highest BCUT2D eigenvalue weighted by Gasteiger charge is 2.26. The quantitative estimate of drug-likeness (QED) is 0.281. The molecular weight excluding hydrogens is 532 g/mol. The lowest BCUT2D eigenvalue weighted by molar-refractivity contribution is -0.114. The molecule has 9 heteroatoms. The van der Waals surface area contributed by atoms with Crippen LogP contribution in [0.4, 0.5) is 5.69 Å². The first kappa shape index (κ1) is 27.1. The molecule has 202 valence electrons. The van der Waals surface area contributed by atoms with Crippen molar-refractivity contribution < 1.29 is 13.2 Å². The van der Waals surface area contributed by atoms with Crippen molar-refractivity contribution in [3.63, 3.8) is 0 Å². The number of hydrogen-bond donors (Lipinski definition) is 1. The molecule has 0 saturated carbocycles. The standard InChI is InChI=1S/C30H31ClN4O3S/c1-4-25(36)19-23-18-22(7-6-20(23)3)27-28-26(31)12-13-32-30(28)33-29(27)21-8-10-24(11-9-21)34-14-16-35(17-15-34)39(37,38)5-2/h4,6-13,18H,1,5,14-17,19H2,2-3H3,(H,32,33). The molecule has 0 radical (unpaired) electrons. The van der Waals surface area contributed by atoms with Crippen LogP contribution in [0, 0.1) is 6.92 Å². The van der Waals surface area contributed by atoms with E-state index < -0.39 is 10.0 Å². The number of carbonyl (C=O) groups excluding carboxylic acids is 1. The Morgan fingerprint density at radius 1 is 1.08 bits per heavy atom. The highest BCUT2D eigenvalue weighted by atomic mass is 35.5. The molecule has 0 amide bonds. The first-order chi connectivity index (χ1) is 18.7. The van der Waals surface area contributed by atoms with E-state index in [-0.39, 0.29) is 18.0 Å². The minimum Gasteiger partial charge on any atom is -0.369 e. The molecule has 2 aromatic heterocycles. The van der Waals surface area contributed by atoms with Crippen molar-refractivity contribution in [2.45, 2.75) is 20.3 Å². The summed E-state index contributed by atoms with van der Waals surface area (Å²) in [5.74, 6) is 0.0956. The number of hydrogen-bond acceptors (Lipinski definition) is 5. The number of halogens is 1. The molecule has 0 aliphatic carbocycles. The summed E-state index contributed by atoms with van der Waals surface area (Å²) < 4.78 is 26.0. The van der Waals surface area contributed by atoms with Crippen LogP contribution in [-0.2, 0) is 21.2 Å². The summed E-state index contributed by atoms with van der Waals surface area (Å²) in [5.41, 5.74) is 7.45. The van der Waals surface area contributed by atoms with Crippen LogP contribution in [0.3, 0.4) is 0 Å². The van der Waals surface area contributed by atoms with Crippen molar-refractivity contribution in [1.82, 2.24) is 14.3 Å². The molecule has 3 heterocycles. The maximum absolute atomic E-state index is 12.2. The van der Waals surface area contributed by atoms with E-state index in [9.17, 15) is 13.2 Å². The van der Waals surface area contributed by atoms with Crippen LogP contribution in [0.15, 0.2) is 67.4 Å². The number of ketones is 1. The van der Waals surface area contributed by atoms with Crippen molar-refractivity contribution in [3.05, 3.63) is 83.5 Å². The third kappa shape index (κ3) is 5.37. The van der Waals surface area contributed by atoms with Gasteiger partial charge in [-0.25, -0.2) is 13.4 Å². The lowest BCUT2D eigenvalue weighted by Crippen LogP contribution is -2.49. The predicted octanol–water partition coefficient (Wildman–Crippen LogP) is 5.63. The predicted molar refractivity (Wildman–Crippen MR) is 159 cm³/mol. The van der Waals surface area contributed by atoms with E-state index in [0.29, 0.717) is 36.8 Å². The van der Waals surface area contributed by atoms with Gasteiger partial charge in [-0.1, -0.05) is 48.5 Å². The molecule has 0 unspecified atom stereocenters. The Kier molecular flexibility index (Phi) is 7.62. The first-order valence-electron chi connectivity index (χ1n) is 13.0. The smallest absolute Gasteiger partial charge is 0.213 e. The van der Waals surface area contributed by atoms with E-state index in [0.717, 1.165) is 44.6 Å². The van der Waals surface area contributed by atoms with Gasteiger partial charge < -0.3 is 9.88 Å². The van der Waals surface area contributed by atoms with Crippen molar-refractivity contribution in [2.24, 2.45) is 0 Å². The lowest BCUT2D eigenvalue weighted by Gasteiger charge is -2.35. The van der Waals surface area contributed by atoms with Gasteiger partial charge in [0.25, 0.3) is 0 Å². The fourth-order valence-electron chi connectivity index (χ4n) is 5.11. The molecule has 5 rings (SSSR count). The number of aromatic amines is 1. The largest absolute Gasteiger partial charge is 0.369 e. The van der Waals surface area contributed by atoms with E-state index in [4.69, 9.17) is 11.6 Å². The van der Waals surface area contributed by atoms with Crippen LogP contribution in [0.5, 0.6) is 0 Å². The first-order valence-corrected chi connectivity index (χ1v) is 14.9. The summed E-state index contributed by atoms with van der Waals surface area (Å²) in [6.45, 7) is 9.55. The summed E-state index contributed by atoms with van der Waals surface area (Å²) in [6.07, 6.45) is 3.32. The number of fused-ring (bicyclic) bond motifs is 1. The molecule has 0 atom stereocenters. The highest BCUT2D eigenvalue weighted by Crippen LogP contribution is 2.41. The zero-order chi connectivity index (χ0) is 27.7. The number of sulfonamides is 1. The molecule has 1 aliphatic heterocycles. The van der Waals surface area contributed by atoms with Gasteiger partial charge in [-0.3, -0.25) is 4.79 Å². The van der Waals surface area contributed by atoms with E-state index in [1.165, 1.54) is 6.08 Å². The second-order valence-corrected chi connectivity index (χ2v) is 12.4. The van der Waals surface area contributed by atoms with Crippen LogP contribution in [-0.4, -0.2) is 60.4 Å². The number of allylic oxidation sites excluding steroid dienone is 1. The third-order valence-electron chi connectivity index (χ3n) is 7.39. The van der Waals surface area contributed by atoms with Crippen LogP contribution in [0.1, 0.15) is 18.1 Å². The van der Waals surface area contributed by atoms with Gasteiger partial charge in [-0.2, -0.15) is 4.31 Å². The molecule has 1 fully saturated rings. The van der Waals surface area contributed by atoms with Gasteiger partial charge in [-0.05, 0) is 60.4 Å². The number of anilines is 1. The third-order valence-corrected chi connectivity index (χ3v) is 9.59. The average molecular weight is 563 g/mol. The zero-order valence-electron chi connectivity index (χ0n) is 22.1. The number of rotatable bonds is 8. The molecule has 2 aromatic carbocycles. The number of aryl methyl sites for hydroxylation is 1. The van der Waals surface area contributed by atoms with E-state index in [2.05, 4.69) is 45.7 Å². The summed E-state index contributed by atoms with van der Waals surface area (Å²) in [7, 11) is -3.17. The molecular formula is C30H31ClN4O3S. The van der Waals surface area contributed by atoms with Crippen molar-refractivity contribution in [1.29, 1.82) is 0 Å². The maximum atomic E-state index is 12.2.